The molecule has 0 spiro atoms. The van der Waals surface area contributed by atoms with Crippen LogP contribution in [0.1, 0.15) is 20.8 Å². The molecule has 1 rings (SSSR count). The van der Waals surface area contributed by atoms with Gasteiger partial charge in [-0.3, -0.25) is 0 Å². The Kier molecular flexibility index (Phi) is 9.67. The summed E-state index contributed by atoms with van der Waals surface area (Å²) in [5.74, 6) is 0. The van der Waals surface area contributed by atoms with Crippen molar-refractivity contribution in [2.45, 2.75) is 150 Å². The molecule has 0 radical (unpaired) electrons. The summed E-state index contributed by atoms with van der Waals surface area (Å²) < 4.78 is 7.92. The zero-order chi connectivity index (χ0) is 30.3. The molecule has 0 saturated carbocycles. The maximum absolute atomic E-state index is 7.92. The molecule has 0 aliphatic carbocycles. The van der Waals surface area contributed by atoms with Gasteiger partial charge in [-0.2, -0.15) is 0 Å². The van der Waals surface area contributed by atoms with Gasteiger partial charge in [0.2, 0.25) is 0 Å². The maximum atomic E-state index is 7.92. The maximum Gasteiger partial charge on any atom is 0.184 e. The van der Waals surface area contributed by atoms with Crippen LogP contribution < -0.4 is 0 Å². The average molecular weight is 646 g/mol. The second-order valence-corrected chi connectivity index (χ2v) is 84.1. The SMILES string of the molecule is CC(C)(C)C1(O[Si](C)(C)C)C(/C=C/[Si](C)(C)[Si](C)(C)C)=C([Si](C)(C)[Si](C)(C)C)[Si]1([Si](C)(C)C)[Si](C)(C)C. The van der Waals surface area contributed by atoms with Crippen molar-refractivity contribution in [1.29, 1.82) is 0 Å². The van der Waals surface area contributed by atoms with E-state index in [1.165, 1.54) is 0 Å². The van der Waals surface area contributed by atoms with Gasteiger partial charge in [-0.1, -0.05) is 142 Å². The van der Waals surface area contributed by atoms with Gasteiger partial charge in [0.15, 0.2) is 8.32 Å². The minimum Gasteiger partial charge on any atom is -0.411 e. The van der Waals surface area contributed by atoms with E-state index in [0.29, 0.717) is 0 Å². The van der Waals surface area contributed by atoms with Crippen molar-refractivity contribution in [3.8, 4) is 0 Å². The molecule has 1 aliphatic heterocycles. The summed E-state index contributed by atoms with van der Waals surface area (Å²) in [6.07, 6.45) is 2.76. The van der Waals surface area contributed by atoms with Crippen molar-refractivity contribution in [2.75, 3.05) is 0 Å². The van der Waals surface area contributed by atoms with Crippen LogP contribution in [-0.2, 0) is 4.43 Å². The molecule has 37 heavy (non-hydrogen) atoms. The van der Waals surface area contributed by atoms with Crippen molar-refractivity contribution in [1.82, 2.24) is 0 Å². The van der Waals surface area contributed by atoms with Crippen LogP contribution in [0, 0.1) is 5.41 Å². The van der Waals surface area contributed by atoms with Crippen LogP contribution in [0.3, 0.4) is 0 Å². The first-order valence-electron chi connectivity index (χ1n) is 14.8. The highest BCUT2D eigenvalue weighted by atomic mass is 29.6. The number of hydrogen-bond acceptors (Lipinski definition) is 1. The standard InChI is InChI=1S/C28H68OSi8/c1-27(2,3)28(29-30(4,5)6)25(23-24-35(19,20)31(7,8)9)26(36(21,22)32(10,11)12)37(28,33(13,14)15)34(16,17)18/h23-24H,1-22H3/b24-23+. The average Bonchev–Trinajstić information content (AvgIpc) is 2.50. The van der Waals surface area contributed by atoms with Crippen LogP contribution in [0.2, 0.25) is 124 Å². The van der Waals surface area contributed by atoms with Gasteiger partial charge in [0, 0.05) is 30.4 Å². The van der Waals surface area contributed by atoms with E-state index < -0.39 is 61.0 Å². The molecule has 1 nitrogen and oxygen atoms in total. The molecule has 1 heterocycles. The Balaban J connectivity index is 4.66. The molecule has 9 heteroatoms. The van der Waals surface area contributed by atoms with Crippen molar-refractivity contribution in [2.24, 2.45) is 5.41 Å². The van der Waals surface area contributed by atoms with Crippen molar-refractivity contribution < 1.29 is 4.43 Å². The number of hydrogen-bond donors (Lipinski definition) is 0. The van der Waals surface area contributed by atoms with Crippen LogP contribution >= 0.6 is 0 Å². The topological polar surface area (TPSA) is 9.23 Å². The molecular formula is C28H68OSi8. The largest absolute Gasteiger partial charge is 0.411 e. The van der Waals surface area contributed by atoms with Gasteiger partial charge >= 0.3 is 0 Å². The summed E-state index contributed by atoms with van der Waals surface area (Å²) in [6, 6.07) is 0. The van der Waals surface area contributed by atoms with Crippen molar-refractivity contribution >= 4 is 61.0 Å². The normalized spacial score (nSPS) is 23.1. The van der Waals surface area contributed by atoms with E-state index in [1.54, 1.807) is 5.57 Å². The van der Waals surface area contributed by atoms with Gasteiger partial charge < -0.3 is 4.43 Å². The second-order valence-electron chi connectivity index (χ2n) is 19.4. The predicted molar refractivity (Wildman–Crippen MR) is 197 cm³/mol. The lowest BCUT2D eigenvalue weighted by Gasteiger charge is -2.76. The fraction of sp³-hybridized carbons (Fsp3) is 0.857. The third kappa shape index (κ3) is 5.78. The lowest BCUT2D eigenvalue weighted by molar-refractivity contribution is 0.0583. The van der Waals surface area contributed by atoms with E-state index >= 15 is 0 Å². The minimum atomic E-state index is -2.01. The number of rotatable bonds is 9. The predicted octanol–water partition coefficient (Wildman–Crippen LogP) is 10.2. The van der Waals surface area contributed by atoms with Crippen LogP contribution in [0.25, 0.3) is 0 Å². The zero-order valence-corrected chi connectivity index (χ0v) is 37.6. The van der Waals surface area contributed by atoms with E-state index in [2.05, 4.69) is 162 Å². The molecule has 0 bridgehead atoms. The Labute approximate surface area is 242 Å². The summed E-state index contributed by atoms with van der Waals surface area (Å²) >= 11 is 0. The van der Waals surface area contributed by atoms with Gasteiger partial charge in [0.05, 0.1) is 20.4 Å². The van der Waals surface area contributed by atoms with E-state index in [4.69, 9.17) is 4.43 Å². The highest BCUT2D eigenvalue weighted by Crippen LogP contribution is 2.66. The highest BCUT2D eigenvalue weighted by molar-refractivity contribution is 7.77. The Morgan fingerprint density at radius 2 is 1.00 bits per heavy atom. The Hall–Kier alpha value is 1.18. The monoisotopic (exact) mass is 644 g/mol. The van der Waals surface area contributed by atoms with Gasteiger partial charge in [-0.25, -0.2) is 0 Å². The van der Waals surface area contributed by atoms with Crippen LogP contribution in [0.15, 0.2) is 22.2 Å². The molecule has 0 fully saturated rings. The van der Waals surface area contributed by atoms with Crippen molar-refractivity contribution in [3.63, 3.8) is 0 Å². The quantitative estimate of drug-likeness (QED) is 0.227. The summed E-state index contributed by atoms with van der Waals surface area (Å²) in [4.78, 5) is 2.11. The second kappa shape index (κ2) is 9.88. The first kappa shape index (κ1) is 36.2. The third-order valence-corrected chi connectivity index (χ3v) is 89.3. The molecule has 1 unspecified atom stereocenters. The summed E-state index contributed by atoms with van der Waals surface area (Å²) in [7, 11) is -12.9. The highest BCUT2D eigenvalue weighted by Gasteiger charge is 2.81. The molecular weight excluding hydrogens is 577 g/mol. The lowest BCUT2D eigenvalue weighted by Crippen LogP contribution is -2.95. The summed E-state index contributed by atoms with van der Waals surface area (Å²) in [6.45, 7) is 58.4. The van der Waals surface area contributed by atoms with Crippen LogP contribution in [0.5, 0.6) is 0 Å². The van der Waals surface area contributed by atoms with Gasteiger partial charge in [0.25, 0.3) is 0 Å². The Morgan fingerprint density at radius 3 is 1.24 bits per heavy atom. The minimum absolute atomic E-state index is 0.0565. The molecule has 0 aromatic carbocycles. The molecule has 0 amide bonds. The van der Waals surface area contributed by atoms with Gasteiger partial charge in [-0.15, -0.1) is 0 Å². The van der Waals surface area contributed by atoms with Crippen LogP contribution in [0.4, 0.5) is 0 Å². The molecule has 1 aliphatic rings. The first-order valence-corrected chi connectivity index (χ1v) is 44.3. The van der Waals surface area contributed by atoms with E-state index in [1.807, 2.05) is 0 Å². The summed E-state index contributed by atoms with van der Waals surface area (Å²) in [5, 5.41) is -0.0565. The molecule has 1 atom stereocenters. The van der Waals surface area contributed by atoms with Gasteiger partial charge in [-0.05, 0) is 30.6 Å². The molecule has 0 aromatic rings. The Bertz CT molecular complexity index is 906. The fourth-order valence-electron chi connectivity index (χ4n) is 7.26. The van der Waals surface area contributed by atoms with Gasteiger partial charge in [0.1, 0.15) is 7.11 Å². The molecule has 0 aromatic heterocycles. The van der Waals surface area contributed by atoms with E-state index in [0.717, 1.165) is 0 Å². The van der Waals surface area contributed by atoms with Crippen LogP contribution in [-0.4, -0.2) is 66.2 Å². The first-order chi connectivity index (χ1) is 15.7. The molecule has 0 saturated heterocycles. The smallest absolute Gasteiger partial charge is 0.184 e. The van der Waals surface area contributed by atoms with Crippen molar-refractivity contribution in [3.05, 3.63) is 22.2 Å². The van der Waals surface area contributed by atoms with E-state index in [-0.39, 0.29) is 10.6 Å². The molecule has 0 N–H and O–H groups in total. The molecule has 218 valence electrons. The Morgan fingerprint density at radius 1 is 0.622 bits per heavy atom. The lowest BCUT2D eigenvalue weighted by atomic mass is 9.83. The fourth-order valence-corrected chi connectivity index (χ4v) is 92.4. The third-order valence-electron chi connectivity index (χ3n) is 10.4. The zero-order valence-electron chi connectivity index (χ0n) is 29.6. The van der Waals surface area contributed by atoms with E-state index in [9.17, 15) is 0 Å². The summed E-state index contributed by atoms with van der Waals surface area (Å²) in [5.41, 5.74) is 4.62.